The number of amides is 2. The summed E-state index contributed by atoms with van der Waals surface area (Å²) in [6, 6.07) is 9.75. The van der Waals surface area contributed by atoms with E-state index in [-0.39, 0.29) is 29.9 Å². The van der Waals surface area contributed by atoms with Crippen LogP contribution >= 0.6 is 28.1 Å². The summed E-state index contributed by atoms with van der Waals surface area (Å²) in [4.78, 5) is 24.0. The molecule has 2 amide bonds. The van der Waals surface area contributed by atoms with Gasteiger partial charge in [0.15, 0.2) is 15.5 Å². The van der Waals surface area contributed by atoms with E-state index < -0.39 is 5.91 Å². The van der Waals surface area contributed by atoms with E-state index >= 15 is 0 Å². The summed E-state index contributed by atoms with van der Waals surface area (Å²) in [5, 5.41) is 16.6. The molecule has 0 fully saturated rings. The van der Waals surface area contributed by atoms with Crippen molar-refractivity contribution in [2.45, 2.75) is 0 Å². The van der Waals surface area contributed by atoms with Crippen LogP contribution in [0.3, 0.4) is 0 Å². The molecule has 4 N–H and O–H groups in total. The lowest BCUT2D eigenvalue weighted by atomic mass is 10.1. The first-order chi connectivity index (χ1) is 11.5. The van der Waals surface area contributed by atoms with Crippen LogP contribution in [0.5, 0.6) is 0 Å². The van der Waals surface area contributed by atoms with Gasteiger partial charge >= 0.3 is 0 Å². The molecule has 7 nitrogen and oxygen atoms in total. The number of hydrogen-bond donors (Lipinski definition) is 4. The fraction of sp³-hybridized carbons (Fsp3) is 0.133. The maximum absolute atomic E-state index is 12.0. The van der Waals surface area contributed by atoms with Gasteiger partial charge in [0, 0.05) is 6.54 Å². The van der Waals surface area contributed by atoms with Gasteiger partial charge in [-0.15, -0.1) is 0 Å². The lowest BCUT2D eigenvalue weighted by Gasteiger charge is -2.12. The second-order valence-corrected chi connectivity index (χ2v) is 5.73. The van der Waals surface area contributed by atoms with Crippen LogP contribution in [-0.4, -0.2) is 35.2 Å². The van der Waals surface area contributed by atoms with E-state index in [1.165, 1.54) is 6.07 Å². The van der Waals surface area contributed by atoms with Gasteiger partial charge in [-0.1, -0.05) is 12.1 Å². The number of benzene rings is 1. The minimum absolute atomic E-state index is 0.0231. The quantitative estimate of drug-likeness (QED) is 0.560. The molecule has 2 rings (SSSR count). The van der Waals surface area contributed by atoms with Crippen LogP contribution < -0.4 is 16.0 Å². The summed E-state index contributed by atoms with van der Waals surface area (Å²) in [5.41, 5.74) is 0.766. The van der Waals surface area contributed by atoms with E-state index in [2.05, 4.69) is 31.9 Å². The number of para-hydroxylation sites is 1. The normalized spacial score (nSPS) is 10.1. The molecule has 0 aliphatic rings. The summed E-state index contributed by atoms with van der Waals surface area (Å²) in [6.45, 7) is -0.0176. The van der Waals surface area contributed by atoms with Gasteiger partial charge in [0.2, 0.25) is 0 Å². The molecule has 0 radical (unpaired) electrons. The maximum Gasteiger partial charge on any atom is 0.293 e. The molecule has 1 aromatic carbocycles. The Kier molecular flexibility index (Phi) is 6.47. The highest BCUT2D eigenvalue weighted by Crippen LogP contribution is 2.16. The van der Waals surface area contributed by atoms with Crippen molar-refractivity contribution < 1.29 is 19.1 Å². The average molecular weight is 412 g/mol. The van der Waals surface area contributed by atoms with E-state index in [9.17, 15) is 9.59 Å². The molecule has 0 spiro atoms. The van der Waals surface area contributed by atoms with Crippen molar-refractivity contribution in [2.24, 2.45) is 0 Å². The number of aliphatic hydroxyl groups excluding tert-OH is 1. The first kappa shape index (κ1) is 18.1. The van der Waals surface area contributed by atoms with Crippen molar-refractivity contribution in [3.8, 4) is 0 Å². The number of halogens is 1. The van der Waals surface area contributed by atoms with Crippen LogP contribution in [0.1, 0.15) is 20.9 Å². The summed E-state index contributed by atoms with van der Waals surface area (Å²) < 4.78 is 5.56. The second kappa shape index (κ2) is 8.57. The van der Waals surface area contributed by atoms with Gasteiger partial charge in [0.25, 0.3) is 11.8 Å². The van der Waals surface area contributed by atoms with Crippen LogP contribution in [-0.2, 0) is 0 Å². The molecule has 2 aromatic rings. The molecule has 1 aromatic heterocycles. The minimum Gasteiger partial charge on any atom is -0.444 e. The number of nitrogens with one attached hydrogen (secondary N) is 3. The third-order valence-electron chi connectivity index (χ3n) is 2.84. The topological polar surface area (TPSA) is 104 Å². The SMILES string of the molecule is O=C(NC(=S)Nc1ccccc1C(=O)NCCO)c1ccc(Br)o1. The average Bonchev–Trinajstić information content (AvgIpc) is 2.99. The fourth-order valence-electron chi connectivity index (χ4n) is 1.81. The lowest BCUT2D eigenvalue weighted by Crippen LogP contribution is -2.35. The van der Waals surface area contributed by atoms with E-state index in [0.717, 1.165) is 0 Å². The van der Waals surface area contributed by atoms with Gasteiger partial charge in [-0.3, -0.25) is 14.9 Å². The summed E-state index contributed by atoms with van der Waals surface area (Å²) in [5.74, 6) is -0.781. The number of carbonyl (C=O) groups excluding carboxylic acids is 2. The van der Waals surface area contributed by atoms with Gasteiger partial charge in [-0.2, -0.15) is 0 Å². The molecule has 0 bridgehead atoms. The number of carbonyl (C=O) groups is 2. The zero-order valence-corrected chi connectivity index (χ0v) is 14.7. The highest BCUT2D eigenvalue weighted by molar-refractivity contribution is 9.10. The Morgan fingerprint density at radius 3 is 2.58 bits per heavy atom. The third kappa shape index (κ3) is 4.88. The van der Waals surface area contributed by atoms with Crippen molar-refractivity contribution in [3.63, 3.8) is 0 Å². The molecule has 0 unspecified atom stereocenters. The van der Waals surface area contributed by atoms with Crippen LogP contribution in [0.15, 0.2) is 45.5 Å². The van der Waals surface area contributed by atoms with Gasteiger partial charge < -0.3 is 20.2 Å². The van der Waals surface area contributed by atoms with E-state index in [1.54, 1.807) is 30.3 Å². The number of aliphatic hydroxyl groups is 1. The predicted molar refractivity (Wildman–Crippen MR) is 96.0 cm³/mol. The molecule has 0 atom stereocenters. The van der Waals surface area contributed by atoms with Crippen molar-refractivity contribution in [1.29, 1.82) is 0 Å². The second-order valence-electron chi connectivity index (χ2n) is 4.54. The molecule has 24 heavy (non-hydrogen) atoms. The highest BCUT2D eigenvalue weighted by atomic mass is 79.9. The summed E-state index contributed by atoms with van der Waals surface area (Å²) in [6.07, 6.45) is 0. The number of thiocarbonyl (C=S) groups is 1. The van der Waals surface area contributed by atoms with Crippen molar-refractivity contribution >= 4 is 50.8 Å². The molecule has 126 valence electrons. The first-order valence-corrected chi connectivity index (χ1v) is 8.07. The van der Waals surface area contributed by atoms with Crippen LogP contribution in [0.25, 0.3) is 0 Å². The van der Waals surface area contributed by atoms with Gasteiger partial charge in [0.05, 0.1) is 17.9 Å². The first-order valence-electron chi connectivity index (χ1n) is 6.87. The zero-order chi connectivity index (χ0) is 17.5. The molecule has 1 heterocycles. The van der Waals surface area contributed by atoms with Crippen LogP contribution in [0.4, 0.5) is 5.69 Å². The lowest BCUT2D eigenvalue weighted by molar-refractivity contribution is 0.0940. The Labute approximate surface area is 151 Å². The standard InChI is InChI=1S/C15H14BrN3O4S/c16-12-6-5-11(23-12)14(22)19-15(24)18-10-4-2-1-3-9(10)13(21)17-7-8-20/h1-6,20H,7-8H2,(H,17,21)(H2,18,19,22,24). The van der Waals surface area contributed by atoms with Crippen molar-refractivity contribution in [2.75, 3.05) is 18.5 Å². The Morgan fingerprint density at radius 1 is 1.17 bits per heavy atom. The molecule has 0 aliphatic carbocycles. The number of rotatable bonds is 5. The van der Waals surface area contributed by atoms with Gasteiger partial charge in [-0.25, -0.2) is 0 Å². The Morgan fingerprint density at radius 2 is 1.92 bits per heavy atom. The van der Waals surface area contributed by atoms with Crippen molar-refractivity contribution in [3.05, 3.63) is 52.4 Å². The molecule has 0 saturated heterocycles. The maximum atomic E-state index is 12.0. The van der Waals surface area contributed by atoms with Crippen LogP contribution in [0.2, 0.25) is 0 Å². The third-order valence-corrected chi connectivity index (χ3v) is 3.47. The fourth-order valence-corrected chi connectivity index (χ4v) is 2.32. The Balaban J connectivity index is 2.03. The minimum atomic E-state index is -0.514. The smallest absolute Gasteiger partial charge is 0.293 e. The molecular formula is C15H14BrN3O4S. The number of furan rings is 1. The van der Waals surface area contributed by atoms with Crippen LogP contribution in [0, 0.1) is 0 Å². The molecule has 0 aliphatic heterocycles. The highest BCUT2D eigenvalue weighted by Gasteiger charge is 2.15. The Hall–Kier alpha value is -2.23. The largest absolute Gasteiger partial charge is 0.444 e. The summed E-state index contributed by atoms with van der Waals surface area (Å²) in [7, 11) is 0. The monoisotopic (exact) mass is 411 g/mol. The molecule has 9 heteroatoms. The summed E-state index contributed by atoms with van der Waals surface area (Å²) >= 11 is 8.19. The van der Waals surface area contributed by atoms with E-state index in [1.807, 2.05) is 0 Å². The van der Waals surface area contributed by atoms with Gasteiger partial charge in [-0.05, 0) is 52.4 Å². The zero-order valence-electron chi connectivity index (χ0n) is 12.3. The number of hydrogen-bond acceptors (Lipinski definition) is 5. The molecular weight excluding hydrogens is 398 g/mol. The Bertz CT molecular complexity index is 763. The van der Waals surface area contributed by atoms with Crippen molar-refractivity contribution in [1.82, 2.24) is 10.6 Å². The van der Waals surface area contributed by atoms with E-state index in [0.29, 0.717) is 15.9 Å². The van der Waals surface area contributed by atoms with E-state index in [4.69, 9.17) is 21.7 Å². The predicted octanol–water partition coefficient (Wildman–Crippen LogP) is 1.89. The van der Waals surface area contributed by atoms with Gasteiger partial charge in [0.1, 0.15) is 0 Å². The molecule has 0 saturated carbocycles. The number of anilines is 1.